The van der Waals surface area contributed by atoms with E-state index >= 15 is 0 Å². The quantitative estimate of drug-likeness (QED) is 0.358. The predicted octanol–water partition coefficient (Wildman–Crippen LogP) is 4.72. The lowest BCUT2D eigenvalue weighted by molar-refractivity contribution is 0.0936. The van der Waals surface area contributed by atoms with Gasteiger partial charge >= 0.3 is 0 Å². The molecule has 1 amide bonds. The summed E-state index contributed by atoms with van der Waals surface area (Å²) in [6, 6.07) is 16.8. The molecule has 1 N–H and O–H groups in total. The average Bonchev–Trinajstić information content (AvgIpc) is 3.15. The van der Waals surface area contributed by atoms with Crippen molar-refractivity contribution < 1.29 is 9.53 Å². The second-order valence-corrected chi connectivity index (χ2v) is 8.19. The molecular weight excluding hydrogens is 452 g/mol. The Labute approximate surface area is 183 Å². The van der Waals surface area contributed by atoms with Crippen molar-refractivity contribution in [2.45, 2.75) is 31.6 Å². The van der Waals surface area contributed by atoms with Crippen LogP contribution in [0.25, 0.3) is 0 Å². The maximum atomic E-state index is 12.6. The van der Waals surface area contributed by atoms with Gasteiger partial charge in [0.05, 0.1) is 18.2 Å². The van der Waals surface area contributed by atoms with Gasteiger partial charge in [0.1, 0.15) is 5.75 Å². The van der Waals surface area contributed by atoms with Crippen LogP contribution in [0, 0.1) is 0 Å². The zero-order valence-corrected chi connectivity index (χ0v) is 18.7. The van der Waals surface area contributed by atoms with Gasteiger partial charge in [-0.05, 0) is 54.0 Å². The van der Waals surface area contributed by atoms with E-state index in [-0.39, 0.29) is 11.9 Å². The second-order valence-electron chi connectivity index (χ2n) is 6.27. The Balaban J connectivity index is 1.59. The second kappa shape index (κ2) is 10.5. The summed E-state index contributed by atoms with van der Waals surface area (Å²) in [5, 5.41) is 12.5. The minimum atomic E-state index is -0.267. The van der Waals surface area contributed by atoms with E-state index in [0.717, 1.165) is 33.5 Å². The van der Waals surface area contributed by atoms with Crippen LogP contribution in [0.2, 0.25) is 0 Å². The largest absolute Gasteiger partial charge is 0.493 e. The van der Waals surface area contributed by atoms with Crippen LogP contribution in [0.4, 0.5) is 0 Å². The maximum absolute atomic E-state index is 12.6. The number of amides is 1. The van der Waals surface area contributed by atoms with Crippen LogP contribution in [-0.2, 0) is 6.54 Å². The fourth-order valence-electron chi connectivity index (χ4n) is 2.82. The van der Waals surface area contributed by atoms with Crippen LogP contribution in [0.1, 0.15) is 36.1 Å². The Morgan fingerprint density at radius 3 is 2.62 bits per heavy atom. The average molecular weight is 475 g/mol. The molecule has 1 heterocycles. The molecule has 0 aliphatic rings. The number of nitrogens with zero attached hydrogens (tertiary/aromatic N) is 3. The third-order valence-corrected chi connectivity index (χ3v) is 5.86. The first kappa shape index (κ1) is 21.4. The normalized spacial score (nSPS) is 11.8. The van der Waals surface area contributed by atoms with Gasteiger partial charge in [-0.2, -0.15) is 0 Å². The minimum Gasteiger partial charge on any atom is -0.493 e. The molecule has 1 aromatic heterocycles. The van der Waals surface area contributed by atoms with Gasteiger partial charge in [0.2, 0.25) is 0 Å². The van der Waals surface area contributed by atoms with Gasteiger partial charge in [0.25, 0.3) is 5.91 Å². The van der Waals surface area contributed by atoms with Crippen molar-refractivity contribution >= 4 is 33.6 Å². The van der Waals surface area contributed by atoms with E-state index in [1.807, 2.05) is 66.9 Å². The van der Waals surface area contributed by atoms with Gasteiger partial charge in [-0.25, -0.2) is 0 Å². The van der Waals surface area contributed by atoms with Gasteiger partial charge in [-0.15, -0.1) is 10.2 Å². The standard InChI is InChI=1S/C21H23BrN4O2S/c1-3-26-19(15(2)23-20(27)17-11-7-8-12-18(17)22)24-25-21(26)29-14-13-28-16-9-5-4-6-10-16/h4-12,15H,3,13-14H2,1-2H3,(H,23,27)/t15-/m1/s1. The monoisotopic (exact) mass is 474 g/mol. The number of carbonyl (C=O) groups excluding carboxylic acids is 1. The Hall–Kier alpha value is -2.32. The molecule has 1 atom stereocenters. The number of carbonyl (C=O) groups is 1. The molecule has 0 fully saturated rings. The number of ether oxygens (including phenoxy) is 1. The lowest BCUT2D eigenvalue weighted by Crippen LogP contribution is -2.29. The summed E-state index contributed by atoms with van der Waals surface area (Å²) < 4.78 is 8.52. The van der Waals surface area contributed by atoms with Crippen LogP contribution in [0.3, 0.4) is 0 Å². The number of nitrogens with one attached hydrogen (secondary N) is 1. The van der Waals surface area contributed by atoms with Gasteiger partial charge in [-0.1, -0.05) is 42.1 Å². The van der Waals surface area contributed by atoms with E-state index in [9.17, 15) is 4.79 Å². The van der Waals surface area contributed by atoms with E-state index in [1.165, 1.54) is 0 Å². The van der Waals surface area contributed by atoms with Crippen molar-refractivity contribution in [3.63, 3.8) is 0 Å². The number of para-hydroxylation sites is 1. The Bertz CT molecular complexity index is 949. The fraction of sp³-hybridized carbons (Fsp3) is 0.286. The molecule has 29 heavy (non-hydrogen) atoms. The summed E-state index contributed by atoms with van der Waals surface area (Å²) in [6.45, 7) is 5.26. The molecule has 0 unspecified atom stereocenters. The fourth-order valence-corrected chi connectivity index (χ4v) is 4.11. The number of benzene rings is 2. The van der Waals surface area contributed by atoms with Gasteiger partial charge in [0, 0.05) is 16.8 Å². The summed E-state index contributed by atoms with van der Waals surface area (Å²) in [6.07, 6.45) is 0. The molecule has 3 rings (SSSR count). The van der Waals surface area contributed by atoms with E-state index in [0.29, 0.717) is 12.2 Å². The number of aromatic nitrogens is 3. The van der Waals surface area contributed by atoms with Crippen LogP contribution in [0.15, 0.2) is 64.2 Å². The van der Waals surface area contributed by atoms with Crippen LogP contribution < -0.4 is 10.1 Å². The highest BCUT2D eigenvalue weighted by molar-refractivity contribution is 9.10. The summed E-state index contributed by atoms with van der Waals surface area (Å²) in [5.74, 6) is 2.19. The van der Waals surface area contributed by atoms with Crippen LogP contribution in [0.5, 0.6) is 5.75 Å². The number of thioether (sulfide) groups is 1. The van der Waals surface area contributed by atoms with E-state index < -0.39 is 0 Å². The highest BCUT2D eigenvalue weighted by Crippen LogP contribution is 2.22. The summed E-state index contributed by atoms with van der Waals surface area (Å²) in [5.41, 5.74) is 0.592. The first-order valence-corrected chi connectivity index (χ1v) is 11.2. The first-order valence-electron chi connectivity index (χ1n) is 9.39. The van der Waals surface area contributed by atoms with Gasteiger partial charge in [-0.3, -0.25) is 4.79 Å². The molecule has 2 aromatic carbocycles. The minimum absolute atomic E-state index is 0.152. The maximum Gasteiger partial charge on any atom is 0.253 e. The molecule has 152 valence electrons. The molecule has 0 aliphatic heterocycles. The SMILES string of the molecule is CCn1c(SCCOc2ccccc2)nnc1[C@@H](C)NC(=O)c1ccccc1Br. The molecule has 3 aromatic rings. The Kier molecular flexibility index (Phi) is 7.71. The van der Waals surface area contributed by atoms with E-state index in [2.05, 4.69) is 31.4 Å². The van der Waals surface area contributed by atoms with E-state index in [4.69, 9.17) is 4.74 Å². The topological polar surface area (TPSA) is 69.0 Å². The van der Waals surface area contributed by atoms with Gasteiger partial charge in [0.15, 0.2) is 11.0 Å². The van der Waals surface area contributed by atoms with Crippen molar-refractivity contribution in [1.29, 1.82) is 0 Å². The first-order chi connectivity index (χ1) is 14.1. The highest BCUT2D eigenvalue weighted by atomic mass is 79.9. The van der Waals surface area contributed by atoms with Crippen molar-refractivity contribution in [2.24, 2.45) is 0 Å². The van der Waals surface area contributed by atoms with Crippen LogP contribution >= 0.6 is 27.7 Å². The summed E-state index contributed by atoms with van der Waals surface area (Å²) in [4.78, 5) is 12.6. The molecule has 0 aliphatic carbocycles. The number of hydrogen-bond donors (Lipinski definition) is 1. The Morgan fingerprint density at radius 1 is 1.17 bits per heavy atom. The predicted molar refractivity (Wildman–Crippen MR) is 118 cm³/mol. The molecule has 0 saturated heterocycles. The summed E-state index contributed by atoms with van der Waals surface area (Å²) >= 11 is 5.01. The molecule has 8 heteroatoms. The number of rotatable bonds is 9. The molecule has 6 nitrogen and oxygen atoms in total. The van der Waals surface area contributed by atoms with Crippen molar-refractivity contribution in [1.82, 2.24) is 20.1 Å². The molecule has 0 spiro atoms. The molecule has 0 radical (unpaired) electrons. The third kappa shape index (κ3) is 5.61. The third-order valence-electron chi connectivity index (χ3n) is 4.24. The Morgan fingerprint density at radius 2 is 1.90 bits per heavy atom. The number of hydrogen-bond acceptors (Lipinski definition) is 5. The van der Waals surface area contributed by atoms with Gasteiger partial charge < -0.3 is 14.6 Å². The van der Waals surface area contributed by atoms with E-state index in [1.54, 1.807) is 17.8 Å². The lowest BCUT2D eigenvalue weighted by atomic mass is 10.2. The van der Waals surface area contributed by atoms with Crippen molar-refractivity contribution in [3.05, 3.63) is 70.5 Å². The zero-order valence-electron chi connectivity index (χ0n) is 16.3. The van der Waals surface area contributed by atoms with Crippen molar-refractivity contribution in [2.75, 3.05) is 12.4 Å². The zero-order chi connectivity index (χ0) is 20.6. The van der Waals surface area contributed by atoms with Crippen molar-refractivity contribution in [3.8, 4) is 5.75 Å². The lowest BCUT2D eigenvalue weighted by Gasteiger charge is -2.15. The smallest absolute Gasteiger partial charge is 0.253 e. The van der Waals surface area contributed by atoms with Crippen LogP contribution in [-0.4, -0.2) is 33.0 Å². The molecule has 0 bridgehead atoms. The highest BCUT2D eigenvalue weighted by Gasteiger charge is 2.20. The molecular formula is C21H23BrN4O2S. The summed E-state index contributed by atoms with van der Waals surface area (Å²) in [7, 11) is 0. The number of halogens is 1. The molecule has 0 saturated carbocycles.